The third-order valence-corrected chi connectivity index (χ3v) is 3.59. The second-order valence-corrected chi connectivity index (χ2v) is 5.21. The summed E-state index contributed by atoms with van der Waals surface area (Å²) in [6.07, 6.45) is 0.520. The number of benzene rings is 2. The van der Waals surface area contributed by atoms with E-state index in [4.69, 9.17) is 11.6 Å². The lowest BCUT2D eigenvalue weighted by molar-refractivity contribution is 0.0950. The monoisotopic (exact) mass is 317 g/mol. The fraction of sp³-hybridized carbons (Fsp3) is 0.125. The Bertz CT molecular complexity index is 778. The molecule has 3 rings (SSSR count). The first-order valence-corrected chi connectivity index (χ1v) is 7.19. The number of nitrogens with zero attached hydrogens (tertiary/aromatic N) is 1. The zero-order valence-electron chi connectivity index (χ0n) is 11.6. The second kappa shape index (κ2) is 6.15. The number of fused-ring (bicyclic) bond motifs is 1. The number of rotatable bonds is 4. The van der Waals surface area contributed by atoms with Crippen LogP contribution in [-0.2, 0) is 6.42 Å². The topological polar surface area (TPSA) is 57.8 Å². The standard InChI is InChI=1S/C16H13ClFN3O/c17-10-4-3-5-11(18)15(10)16(22)19-9-8-14-20-12-6-1-2-7-13(12)21-14/h1-7H,8-9H2,(H,19,22)(H,20,21). The van der Waals surface area contributed by atoms with E-state index in [-0.39, 0.29) is 10.6 Å². The van der Waals surface area contributed by atoms with Crippen LogP contribution in [0.4, 0.5) is 4.39 Å². The zero-order chi connectivity index (χ0) is 15.5. The minimum absolute atomic E-state index is 0.0984. The van der Waals surface area contributed by atoms with E-state index in [1.54, 1.807) is 0 Å². The van der Waals surface area contributed by atoms with Crippen LogP contribution in [0.15, 0.2) is 42.5 Å². The van der Waals surface area contributed by atoms with Gasteiger partial charge in [-0.25, -0.2) is 9.37 Å². The Balaban J connectivity index is 1.64. The molecule has 1 amide bonds. The van der Waals surface area contributed by atoms with Crippen molar-refractivity contribution in [3.8, 4) is 0 Å². The van der Waals surface area contributed by atoms with Gasteiger partial charge in [-0.15, -0.1) is 0 Å². The lowest BCUT2D eigenvalue weighted by Gasteiger charge is -2.06. The number of carbonyl (C=O) groups excluding carboxylic acids is 1. The van der Waals surface area contributed by atoms with Crippen LogP contribution in [-0.4, -0.2) is 22.4 Å². The maximum atomic E-state index is 13.6. The molecule has 0 unspecified atom stereocenters. The highest BCUT2D eigenvalue weighted by Gasteiger charge is 2.15. The van der Waals surface area contributed by atoms with Gasteiger partial charge in [0.15, 0.2) is 0 Å². The largest absolute Gasteiger partial charge is 0.351 e. The van der Waals surface area contributed by atoms with E-state index in [2.05, 4.69) is 15.3 Å². The van der Waals surface area contributed by atoms with Crippen LogP contribution in [0.25, 0.3) is 11.0 Å². The van der Waals surface area contributed by atoms with E-state index in [1.807, 2.05) is 24.3 Å². The highest BCUT2D eigenvalue weighted by atomic mass is 35.5. The molecule has 3 aromatic rings. The molecule has 112 valence electrons. The first kappa shape index (κ1) is 14.5. The van der Waals surface area contributed by atoms with E-state index in [9.17, 15) is 9.18 Å². The number of carbonyl (C=O) groups is 1. The number of aromatic amines is 1. The number of aromatic nitrogens is 2. The van der Waals surface area contributed by atoms with Crippen molar-refractivity contribution in [3.05, 3.63) is 64.7 Å². The van der Waals surface area contributed by atoms with Crippen LogP contribution in [0, 0.1) is 5.82 Å². The average molecular weight is 318 g/mol. The Kier molecular flexibility index (Phi) is 4.06. The van der Waals surface area contributed by atoms with E-state index < -0.39 is 11.7 Å². The summed E-state index contributed by atoms with van der Waals surface area (Å²) < 4.78 is 13.6. The number of halogens is 2. The van der Waals surface area contributed by atoms with Gasteiger partial charge in [0.2, 0.25) is 0 Å². The van der Waals surface area contributed by atoms with Crippen LogP contribution < -0.4 is 5.32 Å². The molecule has 0 aliphatic carbocycles. The normalized spacial score (nSPS) is 10.8. The molecule has 1 heterocycles. The molecule has 0 aliphatic rings. The third kappa shape index (κ3) is 2.94. The zero-order valence-corrected chi connectivity index (χ0v) is 12.3. The Morgan fingerprint density at radius 1 is 1.23 bits per heavy atom. The van der Waals surface area contributed by atoms with Crippen LogP contribution in [0.5, 0.6) is 0 Å². The number of hydrogen-bond donors (Lipinski definition) is 2. The van der Waals surface area contributed by atoms with E-state index in [0.717, 1.165) is 16.9 Å². The minimum Gasteiger partial charge on any atom is -0.351 e. The van der Waals surface area contributed by atoms with Crippen molar-refractivity contribution >= 4 is 28.5 Å². The number of H-pyrrole nitrogens is 1. The van der Waals surface area contributed by atoms with Crippen molar-refractivity contribution in [3.63, 3.8) is 0 Å². The first-order chi connectivity index (χ1) is 10.6. The molecule has 0 bridgehead atoms. The van der Waals surface area contributed by atoms with E-state index in [1.165, 1.54) is 18.2 Å². The molecule has 2 N–H and O–H groups in total. The molecule has 4 nitrogen and oxygen atoms in total. The summed E-state index contributed by atoms with van der Waals surface area (Å²) in [6.45, 7) is 0.337. The number of hydrogen-bond acceptors (Lipinski definition) is 2. The highest BCUT2D eigenvalue weighted by Crippen LogP contribution is 2.18. The minimum atomic E-state index is -0.631. The van der Waals surface area contributed by atoms with E-state index >= 15 is 0 Å². The molecule has 0 spiro atoms. The molecule has 1 aromatic heterocycles. The Hall–Kier alpha value is -2.40. The first-order valence-electron chi connectivity index (χ1n) is 6.81. The van der Waals surface area contributed by atoms with Gasteiger partial charge < -0.3 is 10.3 Å². The Morgan fingerprint density at radius 3 is 2.82 bits per heavy atom. The van der Waals surface area contributed by atoms with Gasteiger partial charge in [0.05, 0.1) is 21.6 Å². The van der Waals surface area contributed by atoms with Gasteiger partial charge in [0.25, 0.3) is 5.91 Å². The van der Waals surface area contributed by atoms with Crippen LogP contribution in [0.3, 0.4) is 0 Å². The van der Waals surface area contributed by atoms with Crippen molar-refractivity contribution in [1.29, 1.82) is 0 Å². The number of nitrogens with one attached hydrogen (secondary N) is 2. The van der Waals surface area contributed by atoms with Crippen molar-refractivity contribution in [2.75, 3.05) is 6.54 Å². The van der Waals surface area contributed by atoms with Gasteiger partial charge in [0.1, 0.15) is 11.6 Å². The quantitative estimate of drug-likeness (QED) is 0.775. The van der Waals surface area contributed by atoms with Crippen LogP contribution in [0.2, 0.25) is 5.02 Å². The molecule has 0 aliphatic heterocycles. The molecular weight excluding hydrogens is 305 g/mol. The van der Waals surface area contributed by atoms with Crippen molar-refractivity contribution in [1.82, 2.24) is 15.3 Å². The lowest BCUT2D eigenvalue weighted by Crippen LogP contribution is -2.27. The van der Waals surface area contributed by atoms with Gasteiger partial charge in [0, 0.05) is 13.0 Å². The predicted molar refractivity (Wildman–Crippen MR) is 83.5 cm³/mol. The number of imidazole rings is 1. The highest BCUT2D eigenvalue weighted by molar-refractivity contribution is 6.33. The summed E-state index contributed by atoms with van der Waals surface area (Å²) >= 11 is 5.85. The summed E-state index contributed by atoms with van der Waals surface area (Å²) in [5.41, 5.74) is 1.69. The van der Waals surface area contributed by atoms with Crippen molar-refractivity contribution in [2.45, 2.75) is 6.42 Å². The SMILES string of the molecule is O=C(NCCc1nc2ccccc2[nH]1)c1c(F)cccc1Cl. The Morgan fingerprint density at radius 2 is 2.05 bits per heavy atom. The second-order valence-electron chi connectivity index (χ2n) is 4.80. The molecule has 6 heteroatoms. The summed E-state index contributed by atoms with van der Waals surface area (Å²) in [7, 11) is 0. The Labute approximate surface area is 131 Å². The maximum absolute atomic E-state index is 13.6. The van der Waals surface area contributed by atoms with Crippen LogP contribution >= 0.6 is 11.6 Å². The summed E-state index contributed by atoms with van der Waals surface area (Å²) in [4.78, 5) is 19.6. The molecule has 22 heavy (non-hydrogen) atoms. The van der Waals surface area contributed by atoms with Crippen molar-refractivity contribution < 1.29 is 9.18 Å². The third-order valence-electron chi connectivity index (χ3n) is 3.28. The van der Waals surface area contributed by atoms with Crippen LogP contribution in [0.1, 0.15) is 16.2 Å². The van der Waals surface area contributed by atoms with Gasteiger partial charge >= 0.3 is 0 Å². The van der Waals surface area contributed by atoms with Gasteiger partial charge in [-0.05, 0) is 24.3 Å². The summed E-state index contributed by atoms with van der Waals surface area (Å²) in [5.74, 6) is -0.394. The van der Waals surface area contributed by atoms with E-state index in [0.29, 0.717) is 13.0 Å². The molecule has 2 aromatic carbocycles. The number of para-hydroxylation sites is 2. The molecule has 0 atom stereocenters. The molecule has 0 radical (unpaired) electrons. The fourth-order valence-electron chi connectivity index (χ4n) is 2.22. The molecule has 0 fully saturated rings. The summed E-state index contributed by atoms with van der Waals surface area (Å²) in [5, 5.41) is 2.75. The van der Waals surface area contributed by atoms with Gasteiger partial charge in [-0.2, -0.15) is 0 Å². The molecule has 0 saturated heterocycles. The smallest absolute Gasteiger partial charge is 0.255 e. The molecular formula is C16H13ClFN3O. The average Bonchev–Trinajstić information content (AvgIpc) is 2.89. The maximum Gasteiger partial charge on any atom is 0.255 e. The van der Waals surface area contributed by atoms with Crippen molar-refractivity contribution in [2.24, 2.45) is 0 Å². The summed E-state index contributed by atoms with van der Waals surface area (Å²) in [6, 6.07) is 11.8. The lowest BCUT2D eigenvalue weighted by atomic mass is 10.2. The fourth-order valence-corrected chi connectivity index (χ4v) is 2.47. The number of amides is 1. The molecule has 0 saturated carbocycles. The predicted octanol–water partition coefficient (Wildman–Crippen LogP) is 3.33. The van der Waals surface area contributed by atoms with Gasteiger partial charge in [-0.1, -0.05) is 29.8 Å². The van der Waals surface area contributed by atoms with Gasteiger partial charge in [-0.3, -0.25) is 4.79 Å².